The van der Waals surface area contributed by atoms with Crippen molar-refractivity contribution in [2.45, 2.75) is 32.2 Å². The number of aromatic nitrogens is 3. The highest BCUT2D eigenvalue weighted by molar-refractivity contribution is 5.73. The van der Waals surface area contributed by atoms with Crippen LogP contribution in [0.3, 0.4) is 0 Å². The van der Waals surface area contributed by atoms with Gasteiger partial charge in [-0.3, -0.25) is 4.90 Å². The minimum absolute atomic E-state index is 0.184. The van der Waals surface area contributed by atoms with Gasteiger partial charge in [0.25, 0.3) is 0 Å². The molecule has 170 valence electrons. The molecule has 0 bridgehead atoms. The number of piperazine rings is 1. The van der Waals surface area contributed by atoms with Crippen molar-refractivity contribution in [1.29, 1.82) is 0 Å². The first-order valence-corrected chi connectivity index (χ1v) is 11.4. The number of rotatable bonds is 4. The van der Waals surface area contributed by atoms with E-state index in [1.165, 1.54) is 12.5 Å². The van der Waals surface area contributed by atoms with Crippen molar-refractivity contribution >= 4 is 11.9 Å². The van der Waals surface area contributed by atoms with Crippen LogP contribution in [0, 0.1) is 11.4 Å². The number of ether oxygens (including phenoxy) is 1. The Hall–Kier alpha value is -2.81. The molecule has 5 rings (SSSR count). The Balaban J connectivity index is 1.20. The van der Waals surface area contributed by atoms with Crippen molar-refractivity contribution in [3.05, 3.63) is 36.4 Å². The van der Waals surface area contributed by atoms with E-state index >= 15 is 0 Å². The van der Waals surface area contributed by atoms with Crippen LogP contribution < -0.4 is 4.90 Å². The molecule has 32 heavy (non-hydrogen) atoms. The Kier molecular flexibility index (Phi) is 5.67. The van der Waals surface area contributed by atoms with Crippen LogP contribution >= 0.6 is 0 Å². The lowest BCUT2D eigenvalue weighted by Gasteiger charge is -2.48. The highest BCUT2D eigenvalue weighted by Crippen LogP contribution is 2.47. The highest BCUT2D eigenvalue weighted by atomic mass is 19.1. The van der Waals surface area contributed by atoms with E-state index in [4.69, 9.17) is 4.74 Å². The molecular formula is C23H29FN6O2. The van der Waals surface area contributed by atoms with Gasteiger partial charge in [0.15, 0.2) is 0 Å². The SMILES string of the molecule is CCOC(=O)N1CC2(CC[C@@H](N3CCN(c4nc(F)ccc4-c4cccnn4)CC3)C2)C1. The summed E-state index contributed by atoms with van der Waals surface area (Å²) in [5, 5.41) is 8.14. The molecule has 2 aromatic heterocycles. The zero-order valence-corrected chi connectivity index (χ0v) is 18.4. The first-order valence-electron chi connectivity index (χ1n) is 11.4. The maximum Gasteiger partial charge on any atom is 0.409 e. The van der Waals surface area contributed by atoms with E-state index in [1.807, 2.05) is 24.0 Å². The van der Waals surface area contributed by atoms with E-state index < -0.39 is 5.95 Å². The third-order valence-electron chi connectivity index (χ3n) is 7.07. The normalized spacial score (nSPS) is 22.8. The molecule has 4 heterocycles. The molecule has 9 heteroatoms. The van der Waals surface area contributed by atoms with Crippen molar-refractivity contribution in [1.82, 2.24) is 25.0 Å². The molecule has 1 saturated carbocycles. The molecule has 1 aliphatic carbocycles. The Labute approximate surface area is 187 Å². The van der Waals surface area contributed by atoms with Gasteiger partial charge in [-0.15, -0.1) is 0 Å². The summed E-state index contributed by atoms with van der Waals surface area (Å²) in [7, 11) is 0. The standard InChI is InChI=1S/C23H29FN6O2/c1-2-32-22(31)30-15-23(16-30)8-7-17(14-23)28-10-12-29(13-11-28)21-18(5-6-20(24)26-21)19-4-3-9-25-27-19/h3-6,9,17H,2,7-8,10-16H2,1H3/t17-/m1/s1. The minimum atomic E-state index is -0.482. The molecular weight excluding hydrogens is 411 g/mol. The van der Waals surface area contributed by atoms with Gasteiger partial charge in [-0.25, -0.2) is 9.78 Å². The lowest BCUT2D eigenvalue weighted by molar-refractivity contribution is -0.00294. The van der Waals surface area contributed by atoms with Crippen molar-refractivity contribution in [3.63, 3.8) is 0 Å². The van der Waals surface area contributed by atoms with E-state index in [9.17, 15) is 9.18 Å². The number of carbonyl (C=O) groups excluding carboxylic acids is 1. The average Bonchev–Trinajstić information content (AvgIpc) is 3.25. The Morgan fingerprint density at radius 3 is 2.75 bits per heavy atom. The van der Waals surface area contributed by atoms with Crippen LogP contribution in [-0.4, -0.2) is 83.0 Å². The van der Waals surface area contributed by atoms with Gasteiger partial charge in [-0.2, -0.15) is 14.6 Å². The third kappa shape index (κ3) is 4.01. The molecule has 2 aliphatic heterocycles. The Morgan fingerprint density at radius 1 is 1.22 bits per heavy atom. The van der Waals surface area contributed by atoms with Gasteiger partial charge in [0.1, 0.15) is 5.82 Å². The number of hydrogen-bond acceptors (Lipinski definition) is 7. The van der Waals surface area contributed by atoms with Gasteiger partial charge in [0.2, 0.25) is 5.95 Å². The van der Waals surface area contributed by atoms with Crippen molar-refractivity contribution in [2.24, 2.45) is 5.41 Å². The van der Waals surface area contributed by atoms with Crippen LogP contribution in [0.2, 0.25) is 0 Å². The Morgan fingerprint density at radius 2 is 2.03 bits per heavy atom. The number of pyridine rings is 1. The van der Waals surface area contributed by atoms with E-state index in [0.29, 0.717) is 24.2 Å². The number of hydrogen-bond donors (Lipinski definition) is 0. The first-order chi connectivity index (χ1) is 15.6. The summed E-state index contributed by atoms with van der Waals surface area (Å²) in [6.45, 7) is 7.32. The van der Waals surface area contributed by atoms with Gasteiger partial charge in [-0.1, -0.05) is 0 Å². The summed E-state index contributed by atoms with van der Waals surface area (Å²) in [4.78, 5) is 22.7. The monoisotopic (exact) mass is 440 g/mol. The molecule has 2 aromatic rings. The summed E-state index contributed by atoms with van der Waals surface area (Å²) in [5.41, 5.74) is 1.77. The van der Waals surface area contributed by atoms with Crippen molar-refractivity contribution in [3.8, 4) is 11.3 Å². The average molecular weight is 441 g/mol. The molecule has 3 aliphatic rings. The fraction of sp³-hybridized carbons (Fsp3) is 0.565. The molecule has 0 aromatic carbocycles. The lowest BCUT2D eigenvalue weighted by Crippen LogP contribution is -2.58. The summed E-state index contributed by atoms with van der Waals surface area (Å²) in [6.07, 6.45) is 4.90. The van der Waals surface area contributed by atoms with E-state index in [-0.39, 0.29) is 11.5 Å². The maximum atomic E-state index is 14.0. The van der Waals surface area contributed by atoms with Crippen molar-refractivity contribution in [2.75, 3.05) is 50.8 Å². The molecule has 0 radical (unpaired) electrons. The molecule has 2 saturated heterocycles. The molecule has 0 N–H and O–H groups in total. The van der Waals surface area contributed by atoms with Gasteiger partial charge < -0.3 is 14.5 Å². The number of likely N-dealkylation sites (tertiary alicyclic amines) is 1. The second-order valence-electron chi connectivity index (χ2n) is 9.09. The zero-order valence-electron chi connectivity index (χ0n) is 18.4. The molecule has 0 unspecified atom stereocenters. The highest BCUT2D eigenvalue weighted by Gasteiger charge is 2.51. The molecule has 1 atom stereocenters. The quantitative estimate of drug-likeness (QED) is 0.677. The molecule has 3 fully saturated rings. The predicted molar refractivity (Wildman–Crippen MR) is 118 cm³/mol. The van der Waals surface area contributed by atoms with Crippen LogP contribution in [0.15, 0.2) is 30.5 Å². The number of amides is 1. The van der Waals surface area contributed by atoms with Gasteiger partial charge in [-0.05, 0) is 50.5 Å². The fourth-order valence-electron chi connectivity index (χ4n) is 5.49. The Bertz CT molecular complexity index is 960. The van der Waals surface area contributed by atoms with Crippen LogP contribution in [0.25, 0.3) is 11.3 Å². The number of anilines is 1. The van der Waals surface area contributed by atoms with Crippen LogP contribution in [0.1, 0.15) is 26.2 Å². The van der Waals surface area contributed by atoms with E-state index in [0.717, 1.165) is 57.7 Å². The summed E-state index contributed by atoms with van der Waals surface area (Å²) in [5.74, 6) is 0.154. The van der Waals surface area contributed by atoms with Crippen molar-refractivity contribution < 1.29 is 13.9 Å². The summed E-state index contributed by atoms with van der Waals surface area (Å²) in [6, 6.07) is 7.35. The largest absolute Gasteiger partial charge is 0.450 e. The van der Waals surface area contributed by atoms with E-state index in [2.05, 4.69) is 25.0 Å². The van der Waals surface area contributed by atoms with E-state index in [1.54, 1.807) is 12.3 Å². The summed E-state index contributed by atoms with van der Waals surface area (Å²) >= 11 is 0. The van der Waals surface area contributed by atoms with Crippen LogP contribution in [0.5, 0.6) is 0 Å². The fourth-order valence-corrected chi connectivity index (χ4v) is 5.49. The minimum Gasteiger partial charge on any atom is -0.450 e. The number of carbonyl (C=O) groups is 1. The molecule has 1 amide bonds. The molecule has 8 nitrogen and oxygen atoms in total. The summed E-state index contributed by atoms with van der Waals surface area (Å²) < 4.78 is 19.1. The molecule has 1 spiro atoms. The predicted octanol–water partition coefficient (Wildman–Crippen LogP) is 2.81. The van der Waals surface area contributed by atoms with Crippen LogP contribution in [0.4, 0.5) is 15.0 Å². The number of nitrogens with zero attached hydrogens (tertiary/aromatic N) is 6. The topological polar surface area (TPSA) is 74.7 Å². The zero-order chi connectivity index (χ0) is 22.1. The second-order valence-corrected chi connectivity index (χ2v) is 9.09. The van der Waals surface area contributed by atoms with Crippen LogP contribution in [-0.2, 0) is 4.74 Å². The van der Waals surface area contributed by atoms with Gasteiger partial charge >= 0.3 is 6.09 Å². The smallest absolute Gasteiger partial charge is 0.409 e. The maximum absolute atomic E-state index is 14.0. The number of halogens is 1. The van der Waals surface area contributed by atoms with Gasteiger partial charge in [0, 0.05) is 62.5 Å². The third-order valence-corrected chi connectivity index (χ3v) is 7.07. The second kappa shape index (κ2) is 8.61. The van der Waals surface area contributed by atoms with Gasteiger partial charge in [0.05, 0.1) is 12.3 Å². The lowest BCUT2D eigenvalue weighted by atomic mass is 9.78. The first kappa shape index (κ1) is 21.1.